The molecule has 2 aromatic rings. The number of anilines is 1. The molecule has 2 aliphatic heterocycles. The number of halogens is 1. The van der Waals surface area contributed by atoms with Crippen molar-refractivity contribution in [3.8, 4) is 0 Å². The molecule has 1 unspecified atom stereocenters. The molecule has 4 rings (SSSR count). The molecule has 2 heterocycles. The molecule has 0 aromatic heterocycles. The van der Waals surface area contributed by atoms with E-state index in [1.165, 1.54) is 15.9 Å². The van der Waals surface area contributed by atoms with Crippen LogP contribution >= 0.6 is 0 Å². The fourth-order valence-electron chi connectivity index (χ4n) is 4.37. The Hall–Kier alpha value is -3.22. The predicted molar refractivity (Wildman–Crippen MR) is 105 cm³/mol. The van der Waals surface area contributed by atoms with Crippen molar-refractivity contribution in [2.24, 2.45) is 0 Å². The Morgan fingerprint density at radius 1 is 1.14 bits per heavy atom. The van der Waals surface area contributed by atoms with Gasteiger partial charge in [0.2, 0.25) is 11.6 Å². The quantitative estimate of drug-likeness (QED) is 0.866. The van der Waals surface area contributed by atoms with Crippen molar-refractivity contribution in [2.45, 2.75) is 44.9 Å². The van der Waals surface area contributed by atoms with Crippen LogP contribution in [0.25, 0.3) is 0 Å². The van der Waals surface area contributed by atoms with Crippen molar-refractivity contribution < 1.29 is 18.8 Å². The zero-order valence-corrected chi connectivity index (χ0v) is 16.3. The van der Waals surface area contributed by atoms with Crippen LogP contribution in [0.3, 0.4) is 0 Å². The molecule has 6 nitrogen and oxygen atoms in total. The Kier molecular flexibility index (Phi) is 4.61. The Bertz CT molecular complexity index is 1010. The van der Waals surface area contributed by atoms with Gasteiger partial charge >= 0.3 is 0 Å². The van der Waals surface area contributed by atoms with Gasteiger partial charge in [-0.2, -0.15) is 0 Å². The number of nitrogens with zero attached hydrogens (tertiary/aromatic N) is 2. The first kappa shape index (κ1) is 19.1. The van der Waals surface area contributed by atoms with E-state index in [9.17, 15) is 18.8 Å². The van der Waals surface area contributed by atoms with Crippen LogP contribution in [0, 0.1) is 5.82 Å². The molecule has 0 bridgehead atoms. The highest BCUT2D eigenvalue weighted by Crippen LogP contribution is 2.45. The van der Waals surface area contributed by atoms with Crippen molar-refractivity contribution in [3.63, 3.8) is 0 Å². The number of hydrogen-bond donors (Lipinski definition) is 1. The summed E-state index contributed by atoms with van der Waals surface area (Å²) in [6, 6.07) is 12.7. The van der Waals surface area contributed by atoms with Crippen LogP contribution in [0.1, 0.15) is 42.6 Å². The lowest BCUT2D eigenvalue weighted by Crippen LogP contribution is -2.71. The van der Waals surface area contributed by atoms with Gasteiger partial charge in [0.25, 0.3) is 11.8 Å². The van der Waals surface area contributed by atoms with E-state index < -0.39 is 17.4 Å². The Balaban J connectivity index is 1.77. The Morgan fingerprint density at radius 2 is 1.83 bits per heavy atom. The zero-order valence-electron chi connectivity index (χ0n) is 16.3. The highest BCUT2D eigenvalue weighted by atomic mass is 19.1. The minimum absolute atomic E-state index is 0.0307. The Labute approximate surface area is 168 Å². The van der Waals surface area contributed by atoms with Gasteiger partial charge in [0.15, 0.2) is 0 Å². The fraction of sp³-hybridized carbons (Fsp3) is 0.318. The van der Waals surface area contributed by atoms with Crippen LogP contribution in [0.5, 0.6) is 0 Å². The van der Waals surface area contributed by atoms with Crippen molar-refractivity contribution in [1.82, 2.24) is 10.2 Å². The average molecular weight is 395 g/mol. The number of fused-ring (bicyclic) bond motifs is 3. The second kappa shape index (κ2) is 6.99. The maximum Gasteiger partial charge on any atom is 0.267 e. The first-order chi connectivity index (χ1) is 13.9. The van der Waals surface area contributed by atoms with Crippen molar-refractivity contribution in [1.29, 1.82) is 0 Å². The van der Waals surface area contributed by atoms with Crippen LogP contribution in [-0.2, 0) is 16.1 Å². The summed E-state index contributed by atoms with van der Waals surface area (Å²) < 4.78 is 14.0. The van der Waals surface area contributed by atoms with E-state index in [0.717, 1.165) is 0 Å². The van der Waals surface area contributed by atoms with Gasteiger partial charge < -0.3 is 10.2 Å². The minimum Gasteiger partial charge on any atom is -0.348 e. The molecular formula is C22H22FN3O3. The molecule has 7 heteroatoms. The lowest BCUT2D eigenvalue weighted by atomic mass is 9.94. The standard InChI is InChI=1S/C22H22FN3O3/c1-14(2)25-20(28)16-8-4-6-10-18(16)26-19(27)11-12-22(25,26)21(29)24-13-15-7-3-5-9-17(15)23/h3-10,14H,11-13H2,1-2H3,(H,24,29). The normalized spacial score (nSPS) is 20.7. The second-order valence-corrected chi connectivity index (χ2v) is 7.61. The van der Waals surface area contributed by atoms with Gasteiger partial charge in [-0.05, 0) is 32.0 Å². The topological polar surface area (TPSA) is 69.7 Å². The summed E-state index contributed by atoms with van der Waals surface area (Å²) in [6.45, 7) is 3.61. The van der Waals surface area contributed by atoms with E-state index in [1.807, 2.05) is 13.8 Å². The highest BCUT2D eigenvalue weighted by Gasteiger charge is 2.61. The molecule has 1 fully saturated rings. The van der Waals surface area contributed by atoms with Gasteiger partial charge in [-0.25, -0.2) is 4.39 Å². The van der Waals surface area contributed by atoms with Crippen LogP contribution in [0.2, 0.25) is 0 Å². The number of amides is 3. The number of para-hydroxylation sites is 1. The molecule has 0 spiro atoms. The summed E-state index contributed by atoms with van der Waals surface area (Å²) >= 11 is 0. The molecule has 2 aliphatic rings. The number of carbonyl (C=O) groups is 3. The molecule has 29 heavy (non-hydrogen) atoms. The van der Waals surface area contributed by atoms with Crippen LogP contribution in [-0.4, -0.2) is 34.3 Å². The molecule has 0 aliphatic carbocycles. The van der Waals surface area contributed by atoms with Crippen molar-refractivity contribution in [2.75, 3.05) is 4.90 Å². The fourth-order valence-corrected chi connectivity index (χ4v) is 4.37. The number of nitrogens with one attached hydrogen (secondary N) is 1. The number of hydrogen-bond acceptors (Lipinski definition) is 3. The maximum absolute atomic E-state index is 14.0. The highest BCUT2D eigenvalue weighted by molar-refractivity contribution is 6.16. The number of rotatable bonds is 4. The van der Waals surface area contributed by atoms with E-state index in [2.05, 4.69) is 5.32 Å². The third kappa shape index (κ3) is 2.80. The van der Waals surface area contributed by atoms with Gasteiger partial charge in [0.05, 0.1) is 11.3 Å². The predicted octanol–water partition coefficient (Wildman–Crippen LogP) is 2.83. The summed E-state index contributed by atoms with van der Waals surface area (Å²) in [6.07, 6.45) is 0.338. The van der Waals surface area contributed by atoms with Gasteiger partial charge in [-0.1, -0.05) is 30.3 Å². The van der Waals surface area contributed by atoms with Crippen LogP contribution < -0.4 is 10.2 Å². The largest absolute Gasteiger partial charge is 0.348 e. The van der Waals surface area contributed by atoms with Gasteiger partial charge in [-0.3, -0.25) is 19.3 Å². The molecule has 1 atom stereocenters. The van der Waals surface area contributed by atoms with E-state index >= 15 is 0 Å². The van der Waals surface area contributed by atoms with Gasteiger partial charge in [-0.15, -0.1) is 0 Å². The molecule has 0 radical (unpaired) electrons. The average Bonchev–Trinajstić information content (AvgIpc) is 3.05. The molecule has 1 N–H and O–H groups in total. The van der Waals surface area contributed by atoms with Crippen LogP contribution in [0.4, 0.5) is 10.1 Å². The summed E-state index contributed by atoms with van der Waals surface area (Å²) in [5.74, 6) is -1.40. The van der Waals surface area contributed by atoms with E-state index in [1.54, 1.807) is 42.5 Å². The molecule has 2 aromatic carbocycles. The third-order valence-electron chi connectivity index (χ3n) is 5.58. The summed E-state index contributed by atoms with van der Waals surface area (Å²) in [4.78, 5) is 42.5. The third-order valence-corrected chi connectivity index (χ3v) is 5.58. The number of carbonyl (C=O) groups excluding carboxylic acids is 3. The smallest absolute Gasteiger partial charge is 0.267 e. The van der Waals surface area contributed by atoms with E-state index in [0.29, 0.717) is 16.8 Å². The molecular weight excluding hydrogens is 373 g/mol. The maximum atomic E-state index is 14.0. The van der Waals surface area contributed by atoms with Crippen LogP contribution in [0.15, 0.2) is 48.5 Å². The van der Waals surface area contributed by atoms with Crippen molar-refractivity contribution in [3.05, 3.63) is 65.5 Å². The van der Waals surface area contributed by atoms with Gasteiger partial charge in [0, 0.05) is 31.0 Å². The summed E-state index contributed by atoms with van der Waals surface area (Å²) in [7, 11) is 0. The second-order valence-electron chi connectivity index (χ2n) is 7.61. The van der Waals surface area contributed by atoms with E-state index in [-0.39, 0.29) is 37.2 Å². The summed E-state index contributed by atoms with van der Waals surface area (Å²) in [5.41, 5.74) is -0.277. The SMILES string of the molecule is CC(C)N1C(=O)c2ccccc2N2C(=O)CCC21C(=O)NCc1ccccc1F. The van der Waals surface area contributed by atoms with Crippen molar-refractivity contribution >= 4 is 23.4 Å². The lowest BCUT2D eigenvalue weighted by Gasteiger charge is -2.50. The molecule has 1 saturated heterocycles. The van der Waals surface area contributed by atoms with Gasteiger partial charge in [0.1, 0.15) is 5.82 Å². The minimum atomic E-state index is -1.46. The number of benzene rings is 2. The monoisotopic (exact) mass is 395 g/mol. The summed E-state index contributed by atoms with van der Waals surface area (Å²) in [5, 5.41) is 2.76. The molecule has 3 amide bonds. The first-order valence-corrected chi connectivity index (χ1v) is 9.65. The zero-order chi connectivity index (χ0) is 20.8. The molecule has 0 saturated carbocycles. The Morgan fingerprint density at radius 3 is 2.55 bits per heavy atom. The lowest BCUT2D eigenvalue weighted by molar-refractivity contribution is -0.134. The molecule has 150 valence electrons. The van der Waals surface area contributed by atoms with E-state index in [4.69, 9.17) is 0 Å². The first-order valence-electron chi connectivity index (χ1n) is 9.65.